The first-order chi connectivity index (χ1) is 11.1. The molecular formula is C18H19ClN2O2. The molecule has 1 aliphatic heterocycles. The van der Waals surface area contributed by atoms with Gasteiger partial charge in [-0.05, 0) is 43.2 Å². The summed E-state index contributed by atoms with van der Waals surface area (Å²) in [4.78, 5) is 14.5. The lowest BCUT2D eigenvalue weighted by molar-refractivity contribution is 0.188. The first-order valence-electron chi connectivity index (χ1n) is 7.69. The number of hydrogen-bond acceptors (Lipinski definition) is 2. The van der Waals surface area contributed by atoms with Gasteiger partial charge < -0.3 is 10.1 Å². The molecule has 0 unspecified atom stereocenters. The van der Waals surface area contributed by atoms with Crippen molar-refractivity contribution in [1.82, 2.24) is 0 Å². The molecule has 120 valence electrons. The Morgan fingerprint density at radius 3 is 2.87 bits per heavy atom. The highest BCUT2D eigenvalue weighted by Crippen LogP contribution is 2.36. The van der Waals surface area contributed by atoms with Crippen molar-refractivity contribution in [2.24, 2.45) is 0 Å². The lowest BCUT2D eigenvalue weighted by Gasteiger charge is -2.34. The molecule has 0 bridgehead atoms. The third kappa shape index (κ3) is 3.27. The average Bonchev–Trinajstić information content (AvgIpc) is 2.56. The van der Waals surface area contributed by atoms with Crippen LogP contribution in [0.4, 0.5) is 16.2 Å². The Morgan fingerprint density at radius 1 is 1.35 bits per heavy atom. The van der Waals surface area contributed by atoms with E-state index in [4.69, 9.17) is 16.3 Å². The van der Waals surface area contributed by atoms with Gasteiger partial charge in [0, 0.05) is 10.7 Å². The zero-order chi connectivity index (χ0) is 16.4. The standard InChI is InChI=1S/C18H19ClN2O2/c1-3-14-11-21(16-10-13(19)8-9-17(16)23-14)18(22)20-15-7-5-4-6-12(15)2/h4-10,14H,3,11H2,1-2H3,(H,20,22)/t14-/m1/s1. The van der Waals surface area contributed by atoms with Gasteiger partial charge >= 0.3 is 6.03 Å². The van der Waals surface area contributed by atoms with E-state index in [9.17, 15) is 4.79 Å². The van der Waals surface area contributed by atoms with E-state index >= 15 is 0 Å². The highest BCUT2D eigenvalue weighted by molar-refractivity contribution is 6.31. The fourth-order valence-corrected chi connectivity index (χ4v) is 2.79. The summed E-state index contributed by atoms with van der Waals surface area (Å²) in [6.45, 7) is 4.51. The quantitative estimate of drug-likeness (QED) is 0.854. The minimum atomic E-state index is -0.176. The Hall–Kier alpha value is -2.20. The second-order valence-electron chi connectivity index (χ2n) is 5.62. The molecule has 0 aliphatic carbocycles. The minimum Gasteiger partial charge on any atom is -0.486 e. The molecular weight excluding hydrogens is 312 g/mol. The van der Waals surface area contributed by atoms with Gasteiger partial charge in [-0.25, -0.2) is 4.79 Å². The summed E-state index contributed by atoms with van der Waals surface area (Å²) in [5.74, 6) is 0.687. The van der Waals surface area contributed by atoms with Gasteiger partial charge in [0.15, 0.2) is 0 Å². The Morgan fingerprint density at radius 2 is 2.13 bits per heavy atom. The van der Waals surface area contributed by atoms with Gasteiger partial charge in [-0.2, -0.15) is 0 Å². The fraction of sp³-hybridized carbons (Fsp3) is 0.278. The molecule has 1 N–H and O–H groups in total. The van der Waals surface area contributed by atoms with Crippen molar-refractivity contribution in [2.45, 2.75) is 26.4 Å². The number of amides is 2. The van der Waals surface area contributed by atoms with Crippen LogP contribution in [-0.4, -0.2) is 18.7 Å². The van der Waals surface area contributed by atoms with Crippen molar-refractivity contribution in [1.29, 1.82) is 0 Å². The second-order valence-corrected chi connectivity index (χ2v) is 6.05. The molecule has 5 heteroatoms. The second kappa shape index (κ2) is 6.50. The number of para-hydroxylation sites is 1. The summed E-state index contributed by atoms with van der Waals surface area (Å²) in [6.07, 6.45) is 0.808. The van der Waals surface area contributed by atoms with Crippen molar-refractivity contribution < 1.29 is 9.53 Å². The summed E-state index contributed by atoms with van der Waals surface area (Å²) >= 11 is 6.09. The van der Waals surface area contributed by atoms with E-state index in [1.54, 1.807) is 17.0 Å². The number of benzene rings is 2. The predicted molar refractivity (Wildman–Crippen MR) is 93.7 cm³/mol. The summed E-state index contributed by atoms with van der Waals surface area (Å²) in [5.41, 5.74) is 2.53. The number of aryl methyl sites for hydroxylation is 1. The monoisotopic (exact) mass is 330 g/mol. The molecule has 4 nitrogen and oxygen atoms in total. The Labute approximate surface area is 141 Å². The zero-order valence-corrected chi connectivity index (χ0v) is 13.9. The summed E-state index contributed by atoms with van der Waals surface area (Å²) in [7, 11) is 0. The summed E-state index contributed by atoms with van der Waals surface area (Å²) < 4.78 is 5.91. The first kappa shape index (κ1) is 15.7. The maximum absolute atomic E-state index is 12.8. The largest absolute Gasteiger partial charge is 0.486 e. The van der Waals surface area contributed by atoms with Crippen molar-refractivity contribution in [2.75, 3.05) is 16.8 Å². The van der Waals surface area contributed by atoms with Gasteiger partial charge in [0.25, 0.3) is 0 Å². The fourth-order valence-electron chi connectivity index (χ4n) is 2.62. The van der Waals surface area contributed by atoms with Crippen molar-refractivity contribution in [3.05, 3.63) is 53.1 Å². The molecule has 1 aliphatic rings. The van der Waals surface area contributed by atoms with Gasteiger partial charge in [0.1, 0.15) is 11.9 Å². The number of rotatable bonds is 2. The van der Waals surface area contributed by atoms with Gasteiger partial charge in [-0.1, -0.05) is 36.7 Å². The first-order valence-corrected chi connectivity index (χ1v) is 8.06. The van der Waals surface area contributed by atoms with E-state index in [1.165, 1.54) is 0 Å². The van der Waals surface area contributed by atoms with E-state index in [-0.39, 0.29) is 12.1 Å². The van der Waals surface area contributed by atoms with Gasteiger partial charge in [0.2, 0.25) is 0 Å². The smallest absolute Gasteiger partial charge is 0.326 e. The van der Waals surface area contributed by atoms with Crippen molar-refractivity contribution >= 4 is 29.0 Å². The van der Waals surface area contributed by atoms with Gasteiger partial charge in [-0.15, -0.1) is 0 Å². The number of fused-ring (bicyclic) bond motifs is 1. The maximum atomic E-state index is 12.8. The molecule has 1 heterocycles. The van der Waals surface area contributed by atoms with Crippen LogP contribution < -0.4 is 15.0 Å². The highest BCUT2D eigenvalue weighted by Gasteiger charge is 2.29. The summed E-state index contributed by atoms with van der Waals surface area (Å²) in [5, 5.41) is 3.55. The molecule has 0 fully saturated rings. The van der Waals surface area contributed by atoms with Crippen LogP contribution in [0.5, 0.6) is 5.75 Å². The number of hydrogen-bond donors (Lipinski definition) is 1. The van der Waals surface area contributed by atoms with Crippen LogP contribution in [0.15, 0.2) is 42.5 Å². The number of urea groups is 1. The number of anilines is 2. The van der Waals surface area contributed by atoms with Gasteiger partial charge in [0.05, 0.1) is 12.2 Å². The molecule has 2 aromatic carbocycles. The normalized spacial score (nSPS) is 16.5. The lowest BCUT2D eigenvalue weighted by Crippen LogP contribution is -2.45. The van der Waals surface area contributed by atoms with Crippen LogP contribution in [-0.2, 0) is 0 Å². The van der Waals surface area contributed by atoms with Gasteiger partial charge in [-0.3, -0.25) is 4.90 Å². The molecule has 0 radical (unpaired) electrons. The zero-order valence-electron chi connectivity index (χ0n) is 13.2. The molecule has 0 aromatic heterocycles. The highest BCUT2D eigenvalue weighted by atomic mass is 35.5. The van der Waals surface area contributed by atoms with E-state index in [0.29, 0.717) is 23.0 Å². The Kier molecular flexibility index (Phi) is 4.44. The number of carbonyl (C=O) groups excluding carboxylic acids is 1. The number of ether oxygens (including phenoxy) is 1. The third-order valence-electron chi connectivity index (χ3n) is 3.98. The molecule has 1 atom stereocenters. The number of nitrogens with one attached hydrogen (secondary N) is 1. The number of nitrogens with zero attached hydrogens (tertiary/aromatic N) is 1. The maximum Gasteiger partial charge on any atom is 0.326 e. The molecule has 2 amide bonds. The Balaban J connectivity index is 1.90. The van der Waals surface area contributed by atoms with E-state index < -0.39 is 0 Å². The van der Waals surface area contributed by atoms with Crippen molar-refractivity contribution in [3.8, 4) is 5.75 Å². The van der Waals surface area contributed by atoms with Crippen LogP contribution in [0.2, 0.25) is 5.02 Å². The number of halogens is 1. The molecule has 2 aromatic rings. The number of carbonyl (C=O) groups is 1. The SMILES string of the molecule is CC[C@@H]1CN(C(=O)Nc2ccccc2C)c2cc(Cl)ccc2O1. The van der Waals surface area contributed by atoms with Crippen molar-refractivity contribution in [3.63, 3.8) is 0 Å². The van der Waals surface area contributed by atoms with Crippen LogP contribution >= 0.6 is 11.6 Å². The molecule has 0 saturated carbocycles. The minimum absolute atomic E-state index is 0.0219. The topological polar surface area (TPSA) is 41.6 Å². The predicted octanol–water partition coefficient (Wildman–Crippen LogP) is 4.86. The van der Waals surface area contributed by atoms with E-state index in [2.05, 4.69) is 5.32 Å². The van der Waals surface area contributed by atoms with Crippen LogP contribution in [0.1, 0.15) is 18.9 Å². The molecule has 0 spiro atoms. The van der Waals surface area contributed by atoms with E-state index in [1.807, 2.05) is 44.2 Å². The Bertz CT molecular complexity index is 733. The molecule has 23 heavy (non-hydrogen) atoms. The third-order valence-corrected chi connectivity index (χ3v) is 4.21. The average molecular weight is 331 g/mol. The van der Waals surface area contributed by atoms with Crippen LogP contribution in [0.25, 0.3) is 0 Å². The van der Waals surface area contributed by atoms with Crippen LogP contribution in [0, 0.1) is 6.92 Å². The summed E-state index contributed by atoms with van der Waals surface area (Å²) in [6, 6.07) is 12.9. The molecule has 3 rings (SSSR count). The molecule has 0 saturated heterocycles. The van der Waals surface area contributed by atoms with Crippen LogP contribution in [0.3, 0.4) is 0 Å². The lowest BCUT2D eigenvalue weighted by atomic mass is 10.1. The van der Waals surface area contributed by atoms with E-state index in [0.717, 1.165) is 17.7 Å².